The number of aliphatic hydroxyl groups is 1. The average molecular weight is 1280 g/mol. The highest BCUT2D eigenvalue weighted by Gasteiger charge is 2.30. The molecular weight excluding hydrogens is 1150 g/mol. The number of esters is 4. The van der Waals surface area contributed by atoms with Crippen molar-refractivity contribution in [1.29, 1.82) is 0 Å². The number of hydrogen-bond acceptors (Lipinski definition) is 15. The maximum atomic E-state index is 13.0. The Morgan fingerprint density at radius 3 is 0.816 bits per heavy atom. The van der Waals surface area contributed by atoms with Gasteiger partial charge in [0.1, 0.15) is 19.3 Å². The van der Waals surface area contributed by atoms with Gasteiger partial charge in [0.05, 0.1) is 26.4 Å². The van der Waals surface area contributed by atoms with E-state index in [4.69, 9.17) is 37.0 Å². The Kier molecular flexibility index (Phi) is 56.6. The molecule has 17 nitrogen and oxygen atoms in total. The Bertz CT molecular complexity index is 1730. The Morgan fingerprint density at radius 1 is 0.322 bits per heavy atom. The first-order chi connectivity index (χ1) is 41.6. The van der Waals surface area contributed by atoms with Crippen LogP contribution >= 0.6 is 15.6 Å². The van der Waals surface area contributed by atoms with Crippen molar-refractivity contribution in [2.75, 3.05) is 39.6 Å². The molecule has 0 aliphatic carbocycles. The third-order valence-electron chi connectivity index (χ3n) is 15.9. The first-order valence-corrected chi connectivity index (χ1v) is 38.2. The van der Waals surface area contributed by atoms with Crippen LogP contribution in [0.4, 0.5) is 0 Å². The summed E-state index contributed by atoms with van der Waals surface area (Å²) >= 11 is 0. The molecule has 3 unspecified atom stereocenters. The Hall–Kier alpha value is -1.94. The Balaban J connectivity index is 5.24. The standard InChI is InChI=1S/C68H132O17P2/c1-9-61(8)47-39-31-21-17-14-15-18-22-32-40-48-65(70)78-54-63(84-67(72)50-42-34-23-19-13-11-10-12-16-20-28-36-44-58(2)3)56-82-86(74,75)80-52-62(69)53-81-87(76,77)83-57-64(85-68(73)51-43-35-27-25-30-38-46-60(6)7)55-79-66(71)49-41-33-26-24-29-37-45-59(4)5/h58-64,69H,9-57H2,1-8H3,(H,74,75)(H,76,77)/t61?,62-,63-,64-/m1/s1. The molecule has 0 aliphatic rings. The van der Waals surface area contributed by atoms with Gasteiger partial charge in [-0.05, 0) is 49.4 Å². The lowest BCUT2D eigenvalue weighted by atomic mass is 9.99. The molecular formula is C68H132O17P2. The van der Waals surface area contributed by atoms with Crippen LogP contribution in [-0.2, 0) is 65.4 Å². The van der Waals surface area contributed by atoms with Gasteiger partial charge < -0.3 is 33.8 Å². The molecule has 19 heteroatoms. The lowest BCUT2D eigenvalue weighted by molar-refractivity contribution is -0.161. The molecule has 6 atom stereocenters. The molecule has 0 aromatic carbocycles. The molecule has 3 N–H and O–H groups in total. The van der Waals surface area contributed by atoms with Crippen molar-refractivity contribution in [3.8, 4) is 0 Å². The highest BCUT2D eigenvalue weighted by Crippen LogP contribution is 2.45. The van der Waals surface area contributed by atoms with Crippen LogP contribution in [0.5, 0.6) is 0 Å². The first-order valence-electron chi connectivity index (χ1n) is 35.2. The molecule has 0 saturated carbocycles. The summed E-state index contributed by atoms with van der Waals surface area (Å²) in [5.74, 6) is 0.797. The van der Waals surface area contributed by atoms with E-state index in [0.29, 0.717) is 37.5 Å². The molecule has 0 aromatic rings. The van der Waals surface area contributed by atoms with E-state index in [1.54, 1.807) is 0 Å². The van der Waals surface area contributed by atoms with Gasteiger partial charge in [-0.15, -0.1) is 0 Å². The molecule has 0 bridgehead atoms. The first kappa shape index (κ1) is 85.1. The zero-order valence-electron chi connectivity index (χ0n) is 56.6. The van der Waals surface area contributed by atoms with Gasteiger partial charge in [0.25, 0.3) is 0 Å². The van der Waals surface area contributed by atoms with Crippen LogP contribution in [0.1, 0.15) is 331 Å². The third kappa shape index (κ3) is 61.3. The van der Waals surface area contributed by atoms with Crippen molar-refractivity contribution in [2.24, 2.45) is 23.7 Å². The van der Waals surface area contributed by atoms with E-state index < -0.39 is 97.5 Å². The van der Waals surface area contributed by atoms with Gasteiger partial charge in [0.2, 0.25) is 0 Å². The minimum atomic E-state index is -4.95. The zero-order valence-corrected chi connectivity index (χ0v) is 58.4. The summed E-state index contributed by atoms with van der Waals surface area (Å²) in [7, 11) is -9.90. The number of rotatable bonds is 65. The highest BCUT2D eigenvalue weighted by molar-refractivity contribution is 7.47. The van der Waals surface area contributed by atoms with Crippen molar-refractivity contribution in [2.45, 2.75) is 350 Å². The highest BCUT2D eigenvalue weighted by atomic mass is 31.2. The van der Waals surface area contributed by atoms with Crippen LogP contribution < -0.4 is 0 Å². The number of phosphoric acid groups is 2. The van der Waals surface area contributed by atoms with Gasteiger partial charge in [-0.3, -0.25) is 37.3 Å². The van der Waals surface area contributed by atoms with Crippen LogP contribution in [0, 0.1) is 23.7 Å². The SMILES string of the molecule is CCC(C)CCCCCCCCCCCCC(=O)OC[C@H](COP(=O)(O)OC[C@@H](O)COP(=O)(O)OC[C@@H](COC(=O)CCCCCCCCC(C)C)OC(=O)CCCCCCCCC(C)C)OC(=O)CCCCCCCCCCCCCCC(C)C. The van der Waals surface area contributed by atoms with E-state index in [9.17, 15) is 43.2 Å². The van der Waals surface area contributed by atoms with Gasteiger partial charge in [0.15, 0.2) is 12.2 Å². The lowest BCUT2D eigenvalue weighted by Gasteiger charge is -2.21. The van der Waals surface area contributed by atoms with Crippen molar-refractivity contribution >= 4 is 39.5 Å². The van der Waals surface area contributed by atoms with Crippen molar-refractivity contribution in [3.63, 3.8) is 0 Å². The lowest BCUT2D eigenvalue weighted by Crippen LogP contribution is -2.30. The number of hydrogen-bond donors (Lipinski definition) is 3. The minimum Gasteiger partial charge on any atom is -0.462 e. The van der Waals surface area contributed by atoms with Crippen LogP contribution in [0.3, 0.4) is 0 Å². The van der Waals surface area contributed by atoms with Gasteiger partial charge in [-0.25, -0.2) is 9.13 Å². The number of carbonyl (C=O) groups excluding carboxylic acids is 4. The van der Waals surface area contributed by atoms with Crippen molar-refractivity contribution in [3.05, 3.63) is 0 Å². The van der Waals surface area contributed by atoms with Crippen LogP contribution in [0.2, 0.25) is 0 Å². The molecule has 0 aliphatic heterocycles. The van der Waals surface area contributed by atoms with Gasteiger partial charge in [-0.2, -0.15) is 0 Å². The fourth-order valence-corrected chi connectivity index (χ4v) is 11.7. The summed E-state index contributed by atoms with van der Waals surface area (Å²) in [5, 5.41) is 10.6. The molecule has 0 saturated heterocycles. The largest absolute Gasteiger partial charge is 0.472 e. The molecule has 0 radical (unpaired) electrons. The topological polar surface area (TPSA) is 237 Å². The summed E-state index contributed by atoms with van der Waals surface area (Å²) in [6.07, 6.45) is 39.2. The van der Waals surface area contributed by atoms with E-state index in [1.807, 2.05) is 0 Å². The second-order valence-electron chi connectivity index (χ2n) is 26.2. The smallest absolute Gasteiger partial charge is 0.462 e. The normalized spacial score (nSPS) is 14.6. The molecule has 0 heterocycles. The molecule has 516 valence electrons. The number of ether oxygens (including phenoxy) is 4. The Morgan fingerprint density at radius 2 is 0.552 bits per heavy atom. The van der Waals surface area contributed by atoms with E-state index in [0.717, 1.165) is 108 Å². The predicted molar refractivity (Wildman–Crippen MR) is 349 cm³/mol. The minimum absolute atomic E-state index is 0.101. The maximum absolute atomic E-state index is 13.0. The average Bonchev–Trinajstić information content (AvgIpc) is 3.68. The molecule has 0 aromatic heterocycles. The summed E-state index contributed by atoms with van der Waals surface area (Å²) in [4.78, 5) is 72.4. The fourth-order valence-electron chi connectivity index (χ4n) is 10.1. The van der Waals surface area contributed by atoms with Crippen LogP contribution in [0.15, 0.2) is 0 Å². The summed E-state index contributed by atoms with van der Waals surface area (Å²) in [5.41, 5.74) is 0. The molecule has 87 heavy (non-hydrogen) atoms. The van der Waals surface area contributed by atoms with Crippen LogP contribution in [-0.4, -0.2) is 96.7 Å². The van der Waals surface area contributed by atoms with E-state index in [1.165, 1.54) is 128 Å². The maximum Gasteiger partial charge on any atom is 0.472 e. The van der Waals surface area contributed by atoms with E-state index in [2.05, 4.69) is 55.4 Å². The second kappa shape index (κ2) is 57.9. The molecule has 0 amide bonds. The quantitative estimate of drug-likeness (QED) is 0.0222. The second-order valence-corrected chi connectivity index (χ2v) is 29.1. The number of unbranched alkanes of at least 4 members (excludes halogenated alkanes) is 30. The number of phosphoric ester groups is 2. The van der Waals surface area contributed by atoms with E-state index >= 15 is 0 Å². The third-order valence-corrected chi connectivity index (χ3v) is 17.8. The van der Waals surface area contributed by atoms with Crippen molar-refractivity contribution < 1.29 is 80.2 Å². The van der Waals surface area contributed by atoms with Gasteiger partial charge in [0, 0.05) is 25.7 Å². The van der Waals surface area contributed by atoms with Gasteiger partial charge in [-0.1, -0.05) is 280 Å². The molecule has 0 rings (SSSR count). The monoisotopic (exact) mass is 1280 g/mol. The van der Waals surface area contributed by atoms with Crippen LogP contribution in [0.25, 0.3) is 0 Å². The molecule has 0 fully saturated rings. The van der Waals surface area contributed by atoms with Crippen molar-refractivity contribution in [1.82, 2.24) is 0 Å². The fraction of sp³-hybridized carbons (Fsp3) is 0.941. The molecule has 0 spiro atoms. The number of carbonyl (C=O) groups is 4. The summed E-state index contributed by atoms with van der Waals surface area (Å²) in [6, 6.07) is 0. The summed E-state index contributed by atoms with van der Waals surface area (Å²) < 4.78 is 68.1. The zero-order chi connectivity index (χ0) is 64.7. The van der Waals surface area contributed by atoms with E-state index in [-0.39, 0.29) is 25.7 Å². The Labute approximate surface area is 530 Å². The van der Waals surface area contributed by atoms with Gasteiger partial charge >= 0.3 is 39.5 Å². The number of aliphatic hydroxyl groups excluding tert-OH is 1. The predicted octanol–water partition coefficient (Wildman–Crippen LogP) is 18.9. The summed E-state index contributed by atoms with van der Waals surface area (Å²) in [6.45, 7) is 14.0.